The summed E-state index contributed by atoms with van der Waals surface area (Å²) < 4.78 is 5.37. The fourth-order valence-corrected chi connectivity index (χ4v) is 3.04. The van der Waals surface area contributed by atoms with E-state index >= 15 is 0 Å². The second-order valence-electron chi connectivity index (χ2n) is 6.08. The van der Waals surface area contributed by atoms with E-state index in [1.165, 1.54) is 12.8 Å². The van der Waals surface area contributed by atoms with Crippen molar-refractivity contribution in [3.63, 3.8) is 0 Å². The number of carbonyl (C=O) groups is 1. The van der Waals surface area contributed by atoms with Crippen LogP contribution >= 0.6 is 0 Å². The van der Waals surface area contributed by atoms with Crippen LogP contribution in [0.25, 0.3) is 0 Å². The molecule has 2 fully saturated rings. The smallest absolute Gasteiger partial charge is 0.222 e. The molecule has 4 nitrogen and oxygen atoms in total. The van der Waals surface area contributed by atoms with Crippen molar-refractivity contribution in [2.24, 2.45) is 11.8 Å². The van der Waals surface area contributed by atoms with Crippen molar-refractivity contribution in [2.75, 3.05) is 39.9 Å². The summed E-state index contributed by atoms with van der Waals surface area (Å²) in [5.74, 6) is 1.62. The lowest BCUT2D eigenvalue weighted by Gasteiger charge is -2.27. The minimum atomic E-state index is 0.320. The van der Waals surface area contributed by atoms with Gasteiger partial charge >= 0.3 is 0 Å². The van der Waals surface area contributed by atoms with Gasteiger partial charge in [-0.15, -0.1) is 0 Å². The van der Waals surface area contributed by atoms with Crippen molar-refractivity contribution in [3.8, 4) is 0 Å². The van der Waals surface area contributed by atoms with Crippen LogP contribution in [0.5, 0.6) is 0 Å². The van der Waals surface area contributed by atoms with E-state index in [1.807, 2.05) is 11.9 Å². The lowest BCUT2D eigenvalue weighted by molar-refractivity contribution is -0.131. The molecule has 1 N–H and O–H groups in total. The van der Waals surface area contributed by atoms with Crippen molar-refractivity contribution in [2.45, 2.75) is 38.5 Å². The summed E-state index contributed by atoms with van der Waals surface area (Å²) in [6.07, 6.45) is 6.59. The fraction of sp³-hybridized carbons (Fsp3) is 0.933. The molecular formula is C15H28N2O2. The van der Waals surface area contributed by atoms with Gasteiger partial charge < -0.3 is 15.0 Å². The molecule has 1 unspecified atom stereocenters. The van der Waals surface area contributed by atoms with Gasteiger partial charge in [-0.25, -0.2) is 0 Å². The Bertz CT molecular complexity index is 271. The summed E-state index contributed by atoms with van der Waals surface area (Å²) >= 11 is 0. The Hall–Kier alpha value is -0.610. The predicted molar refractivity (Wildman–Crippen MR) is 76.0 cm³/mol. The zero-order valence-corrected chi connectivity index (χ0v) is 12.2. The van der Waals surface area contributed by atoms with Crippen LogP contribution in [0.3, 0.4) is 0 Å². The minimum Gasteiger partial charge on any atom is -0.381 e. The van der Waals surface area contributed by atoms with E-state index < -0.39 is 0 Å². The van der Waals surface area contributed by atoms with Crippen molar-refractivity contribution in [1.29, 1.82) is 0 Å². The van der Waals surface area contributed by atoms with Gasteiger partial charge in [0.25, 0.3) is 0 Å². The largest absolute Gasteiger partial charge is 0.381 e. The van der Waals surface area contributed by atoms with E-state index in [9.17, 15) is 4.79 Å². The molecule has 4 heteroatoms. The van der Waals surface area contributed by atoms with Crippen molar-refractivity contribution < 1.29 is 9.53 Å². The standard InChI is InChI=1S/C15H28N2O2/c1-17(8-4-13-5-9-19-10-6-13)15(18)11-14-3-2-7-16-12-14/h13-14,16H,2-12H2,1H3. The maximum atomic E-state index is 12.2. The zero-order valence-electron chi connectivity index (χ0n) is 12.2. The Labute approximate surface area is 116 Å². The summed E-state index contributed by atoms with van der Waals surface area (Å²) in [6, 6.07) is 0. The average Bonchev–Trinajstić information content (AvgIpc) is 2.47. The summed E-state index contributed by atoms with van der Waals surface area (Å²) in [5.41, 5.74) is 0. The number of hydrogen-bond acceptors (Lipinski definition) is 3. The SMILES string of the molecule is CN(CCC1CCOCC1)C(=O)CC1CCCNC1. The van der Waals surface area contributed by atoms with Crippen LogP contribution in [0.15, 0.2) is 0 Å². The van der Waals surface area contributed by atoms with E-state index in [1.54, 1.807) is 0 Å². The highest BCUT2D eigenvalue weighted by Gasteiger charge is 2.20. The predicted octanol–water partition coefficient (Wildman–Crippen LogP) is 1.65. The van der Waals surface area contributed by atoms with Gasteiger partial charge in [-0.05, 0) is 57.0 Å². The van der Waals surface area contributed by atoms with Crippen molar-refractivity contribution in [1.82, 2.24) is 10.2 Å². The number of ether oxygens (including phenoxy) is 1. The minimum absolute atomic E-state index is 0.320. The zero-order chi connectivity index (χ0) is 13.5. The molecule has 0 saturated carbocycles. The first kappa shape index (κ1) is 14.8. The Kier molecular flexibility index (Phi) is 6.11. The van der Waals surface area contributed by atoms with E-state index in [0.29, 0.717) is 11.8 Å². The number of nitrogens with one attached hydrogen (secondary N) is 1. The molecular weight excluding hydrogens is 240 g/mol. The molecule has 19 heavy (non-hydrogen) atoms. The van der Waals surface area contributed by atoms with E-state index in [-0.39, 0.29) is 0 Å². The molecule has 0 aromatic carbocycles. The third-order valence-corrected chi connectivity index (χ3v) is 4.50. The third kappa shape index (κ3) is 5.11. The molecule has 1 atom stereocenters. The van der Waals surface area contributed by atoms with Crippen molar-refractivity contribution >= 4 is 5.91 Å². The lowest BCUT2D eigenvalue weighted by atomic mass is 9.94. The topological polar surface area (TPSA) is 41.6 Å². The highest BCUT2D eigenvalue weighted by Crippen LogP contribution is 2.19. The van der Waals surface area contributed by atoms with Gasteiger partial charge in [-0.2, -0.15) is 0 Å². The number of rotatable bonds is 5. The summed E-state index contributed by atoms with van der Waals surface area (Å²) in [5, 5.41) is 3.38. The fourth-order valence-electron chi connectivity index (χ4n) is 3.04. The Morgan fingerprint density at radius 1 is 1.26 bits per heavy atom. The maximum Gasteiger partial charge on any atom is 0.222 e. The Morgan fingerprint density at radius 2 is 2.05 bits per heavy atom. The molecule has 2 heterocycles. The van der Waals surface area contributed by atoms with Crippen LogP contribution in [0.1, 0.15) is 38.5 Å². The van der Waals surface area contributed by atoms with Crippen LogP contribution in [0.2, 0.25) is 0 Å². The molecule has 0 aliphatic carbocycles. The number of amides is 1. The molecule has 2 saturated heterocycles. The van der Waals surface area contributed by atoms with Crippen LogP contribution in [0.4, 0.5) is 0 Å². The first-order valence-electron chi connectivity index (χ1n) is 7.78. The van der Waals surface area contributed by atoms with Crippen LogP contribution in [-0.2, 0) is 9.53 Å². The van der Waals surface area contributed by atoms with Crippen LogP contribution in [0, 0.1) is 11.8 Å². The molecule has 2 rings (SSSR count). The first-order valence-corrected chi connectivity index (χ1v) is 7.78. The third-order valence-electron chi connectivity index (χ3n) is 4.50. The highest BCUT2D eigenvalue weighted by atomic mass is 16.5. The number of piperidine rings is 1. The molecule has 0 aromatic rings. The van der Waals surface area contributed by atoms with Gasteiger partial charge in [-0.3, -0.25) is 4.79 Å². The number of carbonyl (C=O) groups excluding carboxylic acids is 1. The lowest BCUT2D eigenvalue weighted by Crippen LogP contribution is -2.36. The molecule has 0 bridgehead atoms. The quantitative estimate of drug-likeness (QED) is 0.824. The van der Waals surface area contributed by atoms with Gasteiger partial charge in [0.05, 0.1) is 0 Å². The summed E-state index contributed by atoms with van der Waals surface area (Å²) in [7, 11) is 1.96. The van der Waals surface area contributed by atoms with Gasteiger partial charge in [0, 0.05) is 33.2 Å². The molecule has 110 valence electrons. The summed E-state index contributed by atoms with van der Waals surface area (Å²) in [4.78, 5) is 14.1. The molecule has 1 amide bonds. The van der Waals surface area contributed by atoms with Crippen LogP contribution in [-0.4, -0.2) is 50.7 Å². The molecule has 0 spiro atoms. The first-order chi connectivity index (χ1) is 9.25. The van der Waals surface area contributed by atoms with Gasteiger partial charge in [-0.1, -0.05) is 0 Å². The van der Waals surface area contributed by atoms with Gasteiger partial charge in [0.1, 0.15) is 0 Å². The van der Waals surface area contributed by atoms with E-state index in [2.05, 4.69) is 5.32 Å². The van der Waals surface area contributed by atoms with Gasteiger partial charge in [0.2, 0.25) is 5.91 Å². The average molecular weight is 268 g/mol. The van der Waals surface area contributed by atoms with Crippen LogP contribution < -0.4 is 5.32 Å². The Balaban J connectivity index is 1.63. The number of nitrogens with zero attached hydrogens (tertiary/aromatic N) is 1. The highest BCUT2D eigenvalue weighted by molar-refractivity contribution is 5.76. The van der Waals surface area contributed by atoms with Gasteiger partial charge in [0.15, 0.2) is 0 Å². The normalized spacial score (nSPS) is 25.2. The second-order valence-corrected chi connectivity index (χ2v) is 6.08. The maximum absolute atomic E-state index is 12.2. The molecule has 2 aliphatic rings. The summed E-state index contributed by atoms with van der Waals surface area (Å²) in [6.45, 7) is 4.83. The Morgan fingerprint density at radius 3 is 2.74 bits per heavy atom. The number of hydrogen-bond donors (Lipinski definition) is 1. The second kappa shape index (κ2) is 7.85. The van der Waals surface area contributed by atoms with Crippen molar-refractivity contribution in [3.05, 3.63) is 0 Å². The molecule has 0 radical (unpaired) electrons. The van der Waals surface area contributed by atoms with E-state index in [0.717, 1.165) is 64.4 Å². The molecule has 0 aromatic heterocycles. The monoisotopic (exact) mass is 268 g/mol. The van der Waals surface area contributed by atoms with E-state index in [4.69, 9.17) is 4.74 Å². The molecule has 2 aliphatic heterocycles.